The zero-order chi connectivity index (χ0) is 20.2. The van der Waals surface area contributed by atoms with Crippen LogP contribution in [0.5, 0.6) is 0 Å². The van der Waals surface area contributed by atoms with Crippen LogP contribution in [0.2, 0.25) is 0 Å². The summed E-state index contributed by atoms with van der Waals surface area (Å²) in [4.78, 5) is 11.9. The van der Waals surface area contributed by atoms with Gasteiger partial charge in [-0.25, -0.2) is 4.39 Å². The lowest BCUT2D eigenvalue weighted by Crippen LogP contribution is -2.07. The van der Waals surface area contributed by atoms with Crippen molar-refractivity contribution in [3.63, 3.8) is 0 Å². The summed E-state index contributed by atoms with van der Waals surface area (Å²) in [6, 6.07) is 16.3. The molecule has 4 N–H and O–H groups in total. The highest BCUT2D eigenvalue weighted by Crippen LogP contribution is 2.28. The maximum absolute atomic E-state index is 14.4. The van der Waals surface area contributed by atoms with Gasteiger partial charge >= 0.3 is 0 Å². The van der Waals surface area contributed by atoms with Crippen molar-refractivity contribution in [3.05, 3.63) is 71.8 Å². The third-order valence-electron chi connectivity index (χ3n) is 4.06. The van der Waals surface area contributed by atoms with Crippen molar-refractivity contribution in [2.75, 3.05) is 11.5 Å². The van der Waals surface area contributed by atoms with Crippen LogP contribution in [-0.2, 0) is 12.3 Å². The van der Waals surface area contributed by atoms with Crippen molar-refractivity contribution in [2.24, 2.45) is 0 Å². The standard InChI is InChI=1S/C19H17FN8S/c20-14-9-5-4-8-13(14)16-26-27-19(28(16)10-12-6-2-1-3-7-12)29-11-15-23-17(21)25-18(22)24-15/h1-9H,10-11H2,(H4,21,22,23,24,25). The average molecular weight is 408 g/mol. The molecular formula is C19H17FN8S. The van der Waals surface area contributed by atoms with E-state index >= 15 is 0 Å². The lowest BCUT2D eigenvalue weighted by Gasteiger charge is -2.11. The van der Waals surface area contributed by atoms with Gasteiger partial charge in [0.2, 0.25) is 11.9 Å². The number of thioether (sulfide) groups is 1. The highest BCUT2D eigenvalue weighted by atomic mass is 32.2. The molecule has 2 aromatic carbocycles. The second-order valence-corrected chi connectivity index (χ2v) is 7.06. The normalized spacial score (nSPS) is 10.9. The van der Waals surface area contributed by atoms with Crippen molar-refractivity contribution in [3.8, 4) is 11.4 Å². The summed E-state index contributed by atoms with van der Waals surface area (Å²) in [7, 11) is 0. The van der Waals surface area contributed by atoms with Gasteiger partial charge in [0.15, 0.2) is 11.0 Å². The molecule has 0 aliphatic carbocycles. The maximum atomic E-state index is 14.4. The molecule has 4 rings (SSSR count). The Morgan fingerprint density at radius 3 is 2.28 bits per heavy atom. The molecule has 4 aromatic rings. The summed E-state index contributed by atoms with van der Waals surface area (Å²) in [6.07, 6.45) is 0. The minimum absolute atomic E-state index is 0.0610. The Balaban J connectivity index is 1.68. The number of nitrogens with two attached hydrogens (primary N) is 2. The van der Waals surface area contributed by atoms with Crippen molar-refractivity contribution >= 4 is 23.7 Å². The first-order chi connectivity index (χ1) is 14.1. The van der Waals surface area contributed by atoms with E-state index in [0.29, 0.717) is 34.7 Å². The van der Waals surface area contributed by atoms with Gasteiger partial charge in [0.25, 0.3) is 0 Å². The van der Waals surface area contributed by atoms with E-state index in [2.05, 4.69) is 25.1 Å². The van der Waals surface area contributed by atoms with E-state index in [0.717, 1.165) is 5.56 Å². The topological polar surface area (TPSA) is 121 Å². The van der Waals surface area contributed by atoms with Crippen LogP contribution >= 0.6 is 11.8 Å². The van der Waals surface area contributed by atoms with Crippen LogP contribution in [0.4, 0.5) is 16.3 Å². The predicted octanol–water partition coefficient (Wildman–Crippen LogP) is 2.77. The van der Waals surface area contributed by atoms with Crippen LogP contribution in [0.25, 0.3) is 11.4 Å². The SMILES string of the molecule is Nc1nc(N)nc(CSc2nnc(-c3ccccc3F)n2Cc2ccccc2)n1. The van der Waals surface area contributed by atoms with Crippen LogP contribution in [0.1, 0.15) is 11.4 Å². The Morgan fingerprint density at radius 1 is 0.862 bits per heavy atom. The Labute approximate surface area is 170 Å². The molecule has 0 spiro atoms. The minimum atomic E-state index is -0.358. The van der Waals surface area contributed by atoms with Gasteiger partial charge < -0.3 is 11.5 Å². The zero-order valence-electron chi connectivity index (χ0n) is 15.2. The van der Waals surface area contributed by atoms with Crippen molar-refractivity contribution < 1.29 is 4.39 Å². The predicted molar refractivity (Wildman–Crippen MR) is 109 cm³/mol. The quantitative estimate of drug-likeness (QED) is 0.467. The van der Waals surface area contributed by atoms with Crippen LogP contribution in [0.3, 0.4) is 0 Å². The van der Waals surface area contributed by atoms with Gasteiger partial charge in [-0.2, -0.15) is 15.0 Å². The maximum Gasteiger partial charge on any atom is 0.225 e. The van der Waals surface area contributed by atoms with Crippen LogP contribution in [0.15, 0.2) is 59.8 Å². The minimum Gasteiger partial charge on any atom is -0.368 e. The highest BCUT2D eigenvalue weighted by molar-refractivity contribution is 7.98. The van der Waals surface area contributed by atoms with Gasteiger partial charge in [-0.1, -0.05) is 54.2 Å². The molecule has 29 heavy (non-hydrogen) atoms. The first-order valence-corrected chi connectivity index (χ1v) is 9.69. The van der Waals surface area contributed by atoms with Crippen molar-refractivity contribution in [1.29, 1.82) is 0 Å². The number of rotatable bonds is 6. The number of hydrogen-bond acceptors (Lipinski definition) is 8. The van der Waals surface area contributed by atoms with Crippen LogP contribution in [0, 0.1) is 5.82 Å². The monoisotopic (exact) mass is 408 g/mol. The summed E-state index contributed by atoms with van der Waals surface area (Å²) in [5.41, 5.74) is 12.7. The van der Waals surface area contributed by atoms with E-state index in [4.69, 9.17) is 11.5 Å². The second-order valence-electron chi connectivity index (χ2n) is 6.11. The molecule has 0 atom stereocenters. The Morgan fingerprint density at radius 2 is 1.55 bits per heavy atom. The Hall–Kier alpha value is -3.53. The Kier molecular flexibility index (Phi) is 5.34. The van der Waals surface area contributed by atoms with E-state index in [1.807, 2.05) is 34.9 Å². The lowest BCUT2D eigenvalue weighted by atomic mass is 10.2. The van der Waals surface area contributed by atoms with E-state index < -0.39 is 0 Å². The number of anilines is 2. The molecule has 8 nitrogen and oxygen atoms in total. The van der Waals surface area contributed by atoms with Gasteiger partial charge in [0.1, 0.15) is 11.6 Å². The number of halogens is 1. The molecule has 0 aliphatic rings. The number of nitrogens with zero attached hydrogens (tertiary/aromatic N) is 6. The summed E-state index contributed by atoms with van der Waals surface area (Å²) in [5.74, 6) is 1.01. The molecule has 10 heteroatoms. The summed E-state index contributed by atoms with van der Waals surface area (Å²) in [6.45, 7) is 0.487. The molecule has 0 amide bonds. The Bertz CT molecular complexity index is 1110. The van der Waals surface area contributed by atoms with E-state index in [1.54, 1.807) is 18.2 Å². The zero-order valence-corrected chi connectivity index (χ0v) is 16.1. The van der Waals surface area contributed by atoms with Crippen molar-refractivity contribution in [2.45, 2.75) is 17.5 Å². The fourth-order valence-corrected chi connectivity index (χ4v) is 3.59. The molecule has 0 saturated heterocycles. The summed E-state index contributed by atoms with van der Waals surface area (Å²) < 4.78 is 16.3. The molecule has 0 bridgehead atoms. The molecule has 0 unspecified atom stereocenters. The number of aromatic nitrogens is 6. The summed E-state index contributed by atoms with van der Waals surface area (Å²) >= 11 is 1.36. The molecule has 146 valence electrons. The summed E-state index contributed by atoms with van der Waals surface area (Å²) in [5, 5.41) is 9.11. The lowest BCUT2D eigenvalue weighted by molar-refractivity contribution is 0.626. The molecule has 2 aromatic heterocycles. The van der Waals surface area contributed by atoms with Crippen LogP contribution < -0.4 is 11.5 Å². The molecule has 2 heterocycles. The second kappa shape index (κ2) is 8.23. The molecule has 0 aliphatic heterocycles. The number of benzene rings is 2. The van der Waals surface area contributed by atoms with E-state index in [9.17, 15) is 4.39 Å². The first kappa shape index (κ1) is 18.8. The van der Waals surface area contributed by atoms with E-state index in [-0.39, 0.29) is 17.7 Å². The molecule has 0 radical (unpaired) electrons. The van der Waals surface area contributed by atoms with Gasteiger partial charge in [-0.3, -0.25) is 4.57 Å². The van der Waals surface area contributed by atoms with Crippen molar-refractivity contribution in [1.82, 2.24) is 29.7 Å². The van der Waals surface area contributed by atoms with Crippen LogP contribution in [-0.4, -0.2) is 29.7 Å². The third-order valence-corrected chi connectivity index (χ3v) is 5.02. The highest BCUT2D eigenvalue weighted by Gasteiger charge is 2.18. The average Bonchev–Trinajstić information content (AvgIpc) is 3.09. The fourth-order valence-electron chi connectivity index (χ4n) is 2.80. The van der Waals surface area contributed by atoms with Gasteiger partial charge in [0, 0.05) is 0 Å². The fraction of sp³-hybridized carbons (Fsp3) is 0.105. The number of nitrogen functional groups attached to an aromatic ring is 2. The molecular weight excluding hydrogens is 391 g/mol. The first-order valence-electron chi connectivity index (χ1n) is 8.71. The third kappa shape index (κ3) is 4.32. The smallest absolute Gasteiger partial charge is 0.225 e. The largest absolute Gasteiger partial charge is 0.368 e. The van der Waals surface area contributed by atoms with E-state index in [1.165, 1.54) is 17.8 Å². The molecule has 0 saturated carbocycles. The van der Waals surface area contributed by atoms with Gasteiger partial charge in [-0.05, 0) is 17.7 Å². The number of hydrogen-bond donors (Lipinski definition) is 2. The van der Waals surface area contributed by atoms with Gasteiger partial charge in [0.05, 0.1) is 17.9 Å². The van der Waals surface area contributed by atoms with Gasteiger partial charge in [-0.15, -0.1) is 10.2 Å². The molecule has 0 fully saturated rings.